The summed E-state index contributed by atoms with van der Waals surface area (Å²) in [5, 5.41) is 68.1. The average molecular weight is 478 g/mol. The number of phenols is 4. The molecule has 0 bridgehead atoms. The number of hydrogen-bond acceptors (Lipinski definition) is 11. The fraction of sp³-hybridized carbons (Fsp3) is 0.348. The highest BCUT2D eigenvalue weighted by Gasteiger charge is 2.44. The van der Waals surface area contributed by atoms with E-state index in [1.165, 1.54) is 36.4 Å². The second-order valence-corrected chi connectivity index (χ2v) is 7.67. The van der Waals surface area contributed by atoms with Crippen LogP contribution in [0.5, 0.6) is 23.0 Å². The molecule has 1 aliphatic heterocycles. The van der Waals surface area contributed by atoms with Crippen LogP contribution in [0.3, 0.4) is 0 Å². The summed E-state index contributed by atoms with van der Waals surface area (Å²) in [7, 11) is 0. The lowest BCUT2D eigenvalue weighted by molar-refractivity contribution is -0.301. The van der Waals surface area contributed by atoms with Crippen molar-refractivity contribution in [2.75, 3.05) is 13.2 Å². The number of benzene rings is 2. The number of ether oxygens (including phenoxy) is 3. The van der Waals surface area contributed by atoms with Gasteiger partial charge in [-0.05, 0) is 47.9 Å². The van der Waals surface area contributed by atoms with Crippen molar-refractivity contribution in [1.29, 1.82) is 0 Å². The lowest BCUT2D eigenvalue weighted by Gasteiger charge is -2.39. The molecule has 2 aromatic rings. The van der Waals surface area contributed by atoms with Gasteiger partial charge in [0.25, 0.3) is 0 Å². The van der Waals surface area contributed by atoms with Crippen LogP contribution < -0.4 is 0 Å². The molecule has 1 heterocycles. The standard InChI is InChI=1S/C23H26O11/c24-14-4-1-12(9-16(14)26)3-6-19(28)33-11-18-20(29)21(30)22(31)23(34-18)32-8-7-13-2-5-15(25)17(27)10-13/h1-6,9-10,18,20-27,29-31H,7-8,11H2/t18-,20-,21+,22-,23-/m1/s1. The Labute approximate surface area is 194 Å². The monoisotopic (exact) mass is 478 g/mol. The SMILES string of the molecule is O=C(C=Cc1ccc(O)c(O)c1)OC[C@H]1O[C@@H](OCCc2ccc(O)c(O)c2)[C@H](O)[C@@H](O)[C@@H]1O. The lowest BCUT2D eigenvalue weighted by atomic mass is 9.99. The minimum Gasteiger partial charge on any atom is -0.504 e. The smallest absolute Gasteiger partial charge is 0.330 e. The van der Waals surface area contributed by atoms with Gasteiger partial charge in [-0.15, -0.1) is 0 Å². The van der Waals surface area contributed by atoms with Crippen molar-refractivity contribution in [1.82, 2.24) is 0 Å². The van der Waals surface area contributed by atoms with Gasteiger partial charge in [-0.2, -0.15) is 0 Å². The summed E-state index contributed by atoms with van der Waals surface area (Å²) in [6.07, 6.45) is -4.53. The van der Waals surface area contributed by atoms with Crippen molar-refractivity contribution >= 4 is 12.0 Å². The van der Waals surface area contributed by atoms with Gasteiger partial charge in [-0.1, -0.05) is 12.1 Å². The third kappa shape index (κ3) is 6.37. The molecule has 0 aromatic heterocycles. The van der Waals surface area contributed by atoms with Crippen molar-refractivity contribution in [3.05, 3.63) is 53.6 Å². The Morgan fingerprint density at radius 1 is 0.882 bits per heavy atom. The van der Waals surface area contributed by atoms with Gasteiger partial charge >= 0.3 is 5.97 Å². The molecule has 34 heavy (non-hydrogen) atoms. The van der Waals surface area contributed by atoms with Crippen molar-refractivity contribution < 1.29 is 54.8 Å². The van der Waals surface area contributed by atoms with E-state index in [0.717, 1.165) is 6.08 Å². The van der Waals surface area contributed by atoms with Gasteiger partial charge in [-0.25, -0.2) is 4.79 Å². The number of carbonyl (C=O) groups excluding carboxylic acids is 1. The van der Waals surface area contributed by atoms with Crippen molar-refractivity contribution in [2.45, 2.75) is 37.1 Å². The third-order valence-corrected chi connectivity index (χ3v) is 5.18. The molecular weight excluding hydrogens is 452 g/mol. The maximum Gasteiger partial charge on any atom is 0.330 e. The molecule has 11 heteroatoms. The van der Waals surface area contributed by atoms with Crippen molar-refractivity contribution in [3.8, 4) is 23.0 Å². The highest BCUT2D eigenvalue weighted by atomic mass is 16.7. The van der Waals surface area contributed by atoms with E-state index in [1.54, 1.807) is 6.07 Å². The summed E-state index contributed by atoms with van der Waals surface area (Å²) in [4.78, 5) is 12.0. The molecule has 3 rings (SSSR count). The summed E-state index contributed by atoms with van der Waals surface area (Å²) in [6.45, 7) is -0.426. The molecule has 0 aliphatic carbocycles. The Kier molecular flexibility index (Phi) is 8.31. The molecule has 0 unspecified atom stereocenters. The molecule has 11 nitrogen and oxygen atoms in total. The normalized spacial score (nSPS) is 24.9. The highest BCUT2D eigenvalue weighted by Crippen LogP contribution is 2.27. The van der Waals surface area contributed by atoms with E-state index in [2.05, 4.69) is 0 Å². The van der Waals surface area contributed by atoms with E-state index in [-0.39, 0.29) is 36.0 Å². The van der Waals surface area contributed by atoms with Crippen LogP contribution in [0.2, 0.25) is 0 Å². The molecule has 0 spiro atoms. The van der Waals surface area contributed by atoms with Gasteiger partial charge in [0.15, 0.2) is 29.3 Å². The van der Waals surface area contributed by atoms with E-state index in [9.17, 15) is 40.5 Å². The Morgan fingerprint density at radius 3 is 2.24 bits per heavy atom. The van der Waals surface area contributed by atoms with Crippen molar-refractivity contribution in [2.24, 2.45) is 0 Å². The number of aliphatic hydroxyl groups is 3. The highest BCUT2D eigenvalue weighted by molar-refractivity contribution is 5.87. The van der Waals surface area contributed by atoms with E-state index < -0.39 is 43.3 Å². The summed E-state index contributed by atoms with van der Waals surface area (Å²) in [5.74, 6) is -2.00. The van der Waals surface area contributed by atoms with Crippen LogP contribution in [-0.2, 0) is 25.4 Å². The Balaban J connectivity index is 1.52. The predicted octanol–water partition coefficient (Wildman–Crippen LogP) is 0.132. The molecule has 2 aromatic carbocycles. The van der Waals surface area contributed by atoms with Gasteiger partial charge in [0.1, 0.15) is 31.0 Å². The molecule has 5 atom stereocenters. The number of aromatic hydroxyl groups is 4. The summed E-state index contributed by atoms with van der Waals surface area (Å²) in [6, 6.07) is 8.21. The van der Waals surface area contributed by atoms with Gasteiger partial charge in [0.05, 0.1) is 6.61 Å². The van der Waals surface area contributed by atoms with Crippen LogP contribution in [0.15, 0.2) is 42.5 Å². The zero-order valence-corrected chi connectivity index (χ0v) is 17.9. The lowest BCUT2D eigenvalue weighted by Crippen LogP contribution is -2.59. The molecule has 0 saturated carbocycles. The zero-order valence-electron chi connectivity index (χ0n) is 17.9. The van der Waals surface area contributed by atoms with Gasteiger partial charge in [0.2, 0.25) is 0 Å². The first-order chi connectivity index (χ1) is 16.2. The molecule has 1 aliphatic rings. The Bertz CT molecular complexity index is 1020. The van der Waals surface area contributed by atoms with Crippen molar-refractivity contribution in [3.63, 3.8) is 0 Å². The zero-order chi connectivity index (χ0) is 24.8. The first-order valence-electron chi connectivity index (χ1n) is 10.3. The van der Waals surface area contributed by atoms with Gasteiger partial charge < -0.3 is 50.0 Å². The summed E-state index contributed by atoms with van der Waals surface area (Å²) >= 11 is 0. The molecule has 7 N–H and O–H groups in total. The average Bonchev–Trinajstić information content (AvgIpc) is 2.81. The quantitative estimate of drug-likeness (QED) is 0.155. The molecule has 1 fully saturated rings. The first-order valence-corrected chi connectivity index (χ1v) is 10.3. The molecule has 0 radical (unpaired) electrons. The van der Waals surface area contributed by atoms with E-state index in [1.807, 2.05) is 0 Å². The van der Waals surface area contributed by atoms with Crippen LogP contribution in [0.25, 0.3) is 6.08 Å². The maximum absolute atomic E-state index is 12.0. The third-order valence-electron chi connectivity index (χ3n) is 5.18. The molecule has 184 valence electrons. The second kappa shape index (κ2) is 11.2. The molecule has 1 saturated heterocycles. The summed E-state index contributed by atoms with van der Waals surface area (Å²) in [5.41, 5.74) is 1.07. The first kappa shape index (κ1) is 25.3. The summed E-state index contributed by atoms with van der Waals surface area (Å²) < 4.78 is 16.0. The number of rotatable bonds is 8. The fourth-order valence-corrected chi connectivity index (χ4v) is 3.23. The molecular formula is C23H26O11. The number of phenolic OH excluding ortho intramolecular Hbond substituents is 4. The van der Waals surface area contributed by atoms with E-state index >= 15 is 0 Å². The van der Waals surface area contributed by atoms with E-state index in [4.69, 9.17) is 14.2 Å². The minimum atomic E-state index is -1.62. The number of esters is 1. The fourth-order valence-electron chi connectivity index (χ4n) is 3.23. The van der Waals surface area contributed by atoms with Gasteiger partial charge in [0, 0.05) is 6.08 Å². The van der Waals surface area contributed by atoms with Gasteiger partial charge in [-0.3, -0.25) is 0 Å². The van der Waals surface area contributed by atoms with Crippen LogP contribution >= 0.6 is 0 Å². The largest absolute Gasteiger partial charge is 0.504 e. The number of carbonyl (C=O) groups is 1. The minimum absolute atomic E-state index is 0.0173. The maximum atomic E-state index is 12.0. The number of hydrogen-bond donors (Lipinski definition) is 7. The predicted molar refractivity (Wildman–Crippen MR) is 116 cm³/mol. The van der Waals surface area contributed by atoms with E-state index in [0.29, 0.717) is 11.1 Å². The topological polar surface area (TPSA) is 186 Å². The van der Waals surface area contributed by atoms with Crippen LogP contribution in [-0.4, -0.2) is 85.6 Å². The number of aliphatic hydroxyl groups excluding tert-OH is 3. The van der Waals surface area contributed by atoms with Crippen LogP contribution in [0.1, 0.15) is 11.1 Å². The van der Waals surface area contributed by atoms with Crippen LogP contribution in [0, 0.1) is 0 Å². The Hall–Kier alpha value is -3.35. The second-order valence-electron chi connectivity index (χ2n) is 7.67. The molecule has 0 amide bonds. The Morgan fingerprint density at radius 2 is 1.56 bits per heavy atom. The van der Waals surface area contributed by atoms with Crippen LogP contribution in [0.4, 0.5) is 0 Å².